The van der Waals surface area contributed by atoms with Crippen molar-refractivity contribution >= 4 is 0 Å². The zero-order valence-electron chi connectivity index (χ0n) is 11.7. The van der Waals surface area contributed by atoms with Gasteiger partial charge in [-0.2, -0.15) is 0 Å². The summed E-state index contributed by atoms with van der Waals surface area (Å²) in [6, 6.07) is 6.63. The van der Waals surface area contributed by atoms with Gasteiger partial charge in [0, 0.05) is 37.4 Å². The van der Waals surface area contributed by atoms with E-state index >= 15 is 0 Å². The van der Waals surface area contributed by atoms with Crippen molar-refractivity contribution in [3.8, 4) is 0 Å². The Hall–Kier alpha value is -1.48. The van der Waals surface area contributed by atoms with Gasteiger partial charge in [0.15, 0.2) is 0 Å². The van der Waals surface area contributed by atoms with E-state index in [0.29, 0.717) is 6.04 Å². The zero-order valence-corrected chi connectivity index (χ0v) is 11.7. The zero-order chi connectivity index (χ0) is 13.1. The molecular formula is C15H22N2O. The maximum absolute atomic E-state index is 5.36. The lowest BCUT2D eigenvalue weighted by atomic mass is 10.1. The third-order valence-corrected chi connectivity index (χ3v) is 3.61. The van der Waals surface area contributed by atoms with E-state index < -0.39 is 0 Å². The highest BCUT2D eigenvalue weighted by Gasteiger charge is 2.09. The molecule has 98 valence electrons. The van der Waals surface area contributed by atoms with Crippen LogP contribution in [-0.4, -0.2) is 10.6 Å². The van der Waals surface area contributed by atoms with E-state index in [0.717, 1.165) is 18.7 Å². The van der Waals surface area contributed by atoms with Gasteiger partial charge in [-0.15, -0.1) is 0 Å². The number of nitrogens with zero attached hydrogens (tertiary/aromatic N) is 1. The van der Waals surface area contributed by atoms with Crippen LogP contribution in [0.5, 0.6) is 0 Å². The monoisotopic (exact) mass is 246 g/mol. The first-order valence-electron chi connectivity index (χ1n) is 6.45. The Morgan fingerprint density at radius 3 is 2.72 bits per heavy atom. The van der Waals surface area contributed by atoms with Crippen molar-refractivity contribution in [1.82, 2.24) is 9.88 Å². The Morgan fingerprint density at radius 1 is 1.39 bits per heavy atom. The van der Waals surface area contributed by atoms with E-state index in [2.05, 4.69) is 43.8 Å². The number of nitrogens with one attached hydrogen (secondary N) is 1. The Balaban J connectivity index is 1.89. The van der Waals surface area contributed by atoms with Crippen LogP contribution in [0, 0.1) is 13.8 Å². The molecular weight excluding hydrogens is 224 g/mol. The van der Waals surface area contributed by atoms with Gasteiger partial charge in [0.05, 0.1) is 6.26 Å². The molecule has 0 aliphatic heterocycles. The summed E-state index contributed by atoms with van der Waals surface area (Å²) in [5.74, 6) is 1.04. The normalized spacial score (nSPS) is 12.9. The van der Waals surface area contributed by atoms with Gasteiger partial charge in [-0.1, -0.05) is 0 Å². The third-order valence-electron chi connectivity index (χ3n) is 3.61. The first-order valence-corrected chi connectivity index (χ1v) is 6.45. The van der Waals surface area contributed by atoms with Gasteiger partial charge < -0.3 is 14.3 Å². The molecule has 2 aromatic heterocycles. The Labute approximate surface area is 109 Å². The molecule has 0 bridgehead atoms. The van der Waals surface area contributed by atoms with E-state index in [1.54, 1.807) is 6.26 Å². The molecule has 0 spiro atoms. The van der Waals surface area contributed by atoms with Gasteiger partial charge >= 0.3 is 0 Å². The molecule has 0 saturated carbocycles. The summed E-state index contributed by atoms with van der Waals surface area (Å²) >= 11 is 0. The summed E-state index contributed by atoms with van der Waals surface area (Å²) in [6.45, 7) is 7.41. The first-order chi connectivity index (χ1) is 8.58. The molecule has 18 heavy (non-hydrogen) atoms. The van der Waals surface area contributed by atoms with Crippen molar-refractivity contribution in [2.24, 2.45) is 7.05 Å². The van der Waals surface area contributed by atoms with Crippen LogP contribution in [-0.2, 0) is 20.0 Å². The van der Waals surface area contributed by atoms with E-state index in [1.807, 2.05) is 12.1 Å². The molecule has 0 radical (unpaired) electrons. The summed E-state index contributed by atoms with van der Waals surface area (Å²) in [7, 11) is 2.11. The highest BCUT2D eigenvalue weighted by atomic mass is 16.3. The SMILES string of the molecule is Cc1cc(CNC(C)Cc2ccco2)c(C)n1C. The van der Waals surface area contributed by atoms with Crippen LogP contribution in [0.4, 0.5) is 0 Å². The number of hydrogen-bond acceptors (Lipinski definition) is 2. The topological polar surface area (TPSA) is 30.1 Å². The summed E-state index contributed by atoms with van der Waals surface area (Å²) in [6.07, 6.45) is 2.66. The second-order valence-electron chi connectivity index (χ2n) is 5.02. The standard InChI is InChI=1S/C15H22N2O/c1-11(8-15-6-5-7-18-15)16-10-14-9-12(2)17(4)13(14)3/h5-7,9,11,16H,8,10H2,1-4H3. The number of furan rings is 1. The van der Waals surface area contributed by atoms with Gasteiger partial charge in [-0.3, -0.25) is 0 Å². The van der Waals surface area contributed by atoms with Crippen molar-refractivity contribution < 1.29 is 4.42 Å². The van der Waals surface area contributed by atoms with Crippen molar-refractivity contribution in [3.63, 3.8) is 0 Å². The van der Waals surface area contributed by atoms with Crippen molar-refractivity contribution in [1.29, 1.82) is 0 Å². The van der Waals surface area contributed by atoms with Crippen LogP contribution < -0.4 is 5.32 Å². The Bertz CT molecular complexity index is 497. The molecule has 2 rings (SSSR count). The van der Waals surface area contributed by atoms with E-state index in [9.17, 15) is 0 Å². The maximum atomic E-state index is 5.36. The fraction of sp³-hybridized carbons (Fsp3) is 0.467. The quantitative estimate of drug-likeness (QED) is 0.879. The second kappa shape index (κ2) is 5.44. The molecule has 0 fully saturated rings. The van der Waals surface area contributed by atoms with Gasteiger partial charge in [0.2, 0.25) is 0 Å². The molecule has 0 aliphatic carbocycles. The van der Waals surface area contributed by atoms with Crippen LogP contribution >= 0.6 is 0 Å². The van der Waals surface area contributed by atoms with E-state index in [4.69, 9.17) is 4.42 Å². The fourth-order valence-electron chi connectivity index (χ4n) is 2.20. The number of aromatic nitrogens is 1. The van der Waals surface area contributed by atoms with Crippen LogP contribution in [0.1, 0.15) is 29.6 Å². The number of rotatable bonds is 5. The predicted octanol–water partition coefficient (Wildman–Crippen LogP) is 2.96. The molecule has 0 aromatic carbocycles. The average molecular weight is 246 g/mol. The Kier molecular flexibility index (Phi) is 3.92. The van der Waals surface area contributed by atoms with Crippen molar-refractivity contribution in [2.45, 2.75) is 39.8 Å². The largest absolute Gasteiger partial charge is 0.469 e. The van der Waals surface area contributed by atoms with Gasteiger partial charge in [0.1, 0.15) is 5.76 Å². The lowest BCUT2D eigenvalue weighted by Crippen LogP contribution is -2.27. The molecule has 0 aliphatic rings. The second-order valence-corrected chi connectivity index (χ2v) is 5.02. The number of aryl methyl sites for hydroxylation is 1. The molecule has 0 saturated heterocycles. The minimum Gasteiger partial charge on any atom is -0.469 e. The van der Waals surface area contributed by atoms with Crippen LogP contribution in [0.15, 0.2) is 28.9 Å². The smallest absolute Gasteiger partial charge is 0.105 e. The molecule has 2 aromatic rings. The van der Waals surface area contributed by atoms with E-state index in [-0.39, 0.29) is 0 Å². The molecule has 1 unspecified atom stereocenters. The molecule has 3 nitrogen and oxygen atoms in total. The first kappa shape index (κ1) is 13.0. The minimum absolute atomic E-state index is 0.413. The highest BCUT2D eigenvalue weighted by molar-refractivity contribution is 5.26. The van der Waals surface area contributed by atoms with Crippen LogP contribution in [0.25, 0.3) is 0 Å². The lowest BCUT2D eigenvalue weighted by Gasteiger charge is -2.12. The number of hydrogen-bond donors (Lipinski definition) is 1. The van der Waals surface area contributed by atoms with Gasteiger partial charge in [-0.25, -0.2) is 0 Å². The van der Waals surface area contributed by atoms with Crippen LogP contribution in [0.3, 0.4) is 0 Å². The van der Waals surface area contributed by atoms with Crippen molar-refractivity contribution in [2.75, 3.05) is 0 Å². The average Bonchev–Trinajstić information content (AvgIpc) is 2.92. The van der Waals surface area contributed by atoms with Gasteiger partial charge in [-0.05, 0) is 44.5 Å². The summed E-state index contributed by atoms with van der Waals surface area (Å²) in [5, 5.41) is 3.55. The van der Waals surface area contributed by atoms with Crippen LogP contribution in [0.2, 0.25) is 0 Å². The molecule has 3 heteroatoms. The Morgan fingerprint density at radius 2 is 2.17 bits per heavy atom. The summed E-state index contributed by atoms with van der Waals surface area (Å²) < 4.78 is 7.59. The molecule has 2 heterocycles. The third kappa shape index (κ3) is 2.85. The summed E-state index contributed by atoms with van der Waals surface area (Å²) in [4.78, 5) is 0. The molecule has 1 N–H and O–H groups in total. The van der Waals surface area contributed by atoms with Crippen molar-refractivity contribution in [3.05, 3.63) is 47.2 Å². The highest BCUT2D eigenvalue weighted by Crippen LogP contribution is 2.13. The van der Waals surface area contributed by atoms with Gasteiger partial charge in [0.25, 0.3) is 0 Å². The predicted molar refractivity (Wildman–Crippen MR) is 73.6 cm³/mol. The lowest BCUT2D eigenvalue weighted by molar-refractivity contribution is 0.456. The molecule has 1 atom stereocenters. The maximum Gasteiger partial charge on any atom is 0.105 e. The molecule has 0 amide bonds. The summed E-state index contributed by atoms with van der Waals surface area (Å²) in [5.41, 5.74) is 4.02. The van der Waals surface area contributed by atoms with E-state index in [1.165, 1.54) is 17.0 Å². The fourth-order valence-corrected chi connectivity index (χ4v) is 2.20. The minimum atomic E-state index is 0.413.